The van der Waals surface area contributed by atoms with Crippen LogP contribution in [0.15, 0.2) is 11.5 Å². The molecule has 1 amide bonds. The topological polar surface area (TPSA) is 66.5 Å². The second-order valence-electron chi connectivity index (χ2n) is 4.99. The standard InChI is InChI=1S/C12H21FN2O3S/c1-10(6-9-19(2,17)18)14-12(16)11-4-3-7-15(13)8-5-11/h6,9-11H,3-5,7-8H2,1-2H3,(H,14,16)/b9-6-/t10-,11?/m1/s1. The van der Waals surface area contributed by atoms with Gasteiger partial charge in [-0.3, -0.25) is 4.79 Å². The Labute approximate surface area is 113 Å². The van der Waals surface area contributed by atoms with Crippen molar-refractivity contribution in [2.45, 2.75) is 32.2 Å². The number of amides is 1. The van der Waals surface area contributed by atoms with E-state index in [4.69, 9.17) is 0 Å². The summed E-state index contributed by atoms with van der Waals surface area (Å²) in [4.78, 5) is 12.0. The maximum Gasteiger partial charge on any atom is 0.223 e. The third kappa shape index (κ3) is 6.68. The molecule has 0 saturated carbocycles. The van der Waals surface area contributed by atoms with Crippen LogP contribution in [0.5, 0.6) is 0 Å². The SMILES string of the molecule is C[C@H](/C=C\S(C)(=O)=O)NC(=O)C1CCCN(F)CC1. The smallest absolute Gasteiger partial charge is 0.223 e. The van der Waals surface area contributed by atoms with E-state index in [0.717, 1.165) is 16.8 Å². The van der Waals surface area contributed by atoms with E-state index in [9.17, 15) is 17.7 Å². The summed E-state index contributed by atoms with van der Waals surface area (Å²) in [6.07, 6.45) is 4.34. The highest BCUT2D eigenvalue weighted by Gasteiger charge is 2.23. The number of rotatable bonds is 4. The van der Waals surface area contributed by atoms with Gasteiger partial charge in [0.05, 0.1) is 0 Å². The van der Waals surface area contributed by atoms with Gasteiger partial charge in [-0.05, 0) is 26.2 Å². The zero-order valence-electron chi connectivity index (χ0n) is 11.3. The molecule has 1 fully saturated rings. The van der Waals surface area contributed by atoms with Crippen LogP contribution < -0.4 is 5.32 Å². The number of sulfone groups is 1. The van der Waals surface area contributed by atoms with Crippen molar-refractivity contribution in [1.29, 1.82) is 0 Å². The second-order valence-corrected chi connectivity index (χ2v) is 6.92. The van der Waals surface area contributed by atoms with E-state index < -0.39 is 9.84 Å². The molecule has 19 heavy (non-hydrogen) atoms. The van der Waals surface area contributed by atoms with Crippen molar-refractivity contribution in [3.05, 3.63) is 11.5 Å². The molecule has 0 aliphatic carbocycles. The molecular formula is C12H21FN2O3S. The summed E-state index contributed by atoms with van der Waals surface area (Å²) in [7, 11) is -3.18. The molecule has 5 nitrogen and oxygen atoms in total. The van der Waals surface area contributed by atoms with E-state index in [0.29, 0.717) is 25.8 Å². The van der Waals surface area contributed by atoms with Crippen molar-refractivity contribution in [1.82, 2.24) is 10.4 Å². The van der Waals surface area contributed by atoms with E-state index in [-0.39, 0.29) is 24.4 Å². The van der Waals surface area contributed by atoms with Crippen LogP contribution in [0, 0.1) is 5.92 Å². The Morgan fingerprint density at radius 2 is 2.11 bits per heavy atom. The maximum atomic E-state index is 13.0. The summed E-state index contributed by atoms with van der Waals surface area (Å²) >= 11 is 0. The Hall–Kier alpha value is -0.950. The number of nitrogens with one attached hydrogen (secondary N) is 1. The first-order valence-corrected chi connectivity index (χ1v) is 8.33. The van der Waals surface area contributed by atoms with Crippen molar-refractivity contribution < 1.29 is 17.7 Å². The van der Waals surface area contributed by atoms with Gasteiger partial charge in [0.2, 0.25) is 5.91 Å². The molecule has 1 aliphatic rings. The number of hydrogen-bond donors (Lipinski definition) is 1. The van der Waals surface area contributed by atoms with Gasteiger partial charge in [-0.25, -0.2) is 8.42 Å². The predicted octanol–water partition coefficient (Wildman–Crippen LogP) is 1.04. The molecule has 0 aromatic carbocycles. The minimum Gasteiger partial charge on any atom is -0.350 e. The zero-order valence-corrected chi connectivity index (χ0v) is 12.1. The average molecular weight is 292 g/mol. The minimum absolute atomic E-state index is 0.138. The van der Waals surface area contributed by atoms with Gasteiger partial charge in [-0.1, -0.05) is 6.08 Å². The van der Waals surface area contributed by atoms with Crippen molar-refractivity contribution in [3.8, 4) is 0 Å². The number of halogens is 1. The van der Waals surface area contributed by atoms with Crippen LogP contribution in [0.1, 0.15) is 26.2 Å². The largest absolute Gasteiger partial charge is 0.350 e. The lowest BCUT2D eigenvalue weighted by Gasteiger charge is -2.16. The summed E-state index contributed by atoms with van der Waals surface area (Å²) in [5, 5.41) is 4.55. The Balaban J connectivity index is 2.47. The molecule has 1 heterocycles. The molecule has 0 radical (unpaired) electrons. The van der Waals surface area contributed by atoms with Crippen LogP contribution in [0.2, 0.25) is 0 Å². The fourth-order valence-electron chi connectivity index (χ4n) is 1.97. The summed E-state index contributed by atoms with van der Waals surface area (Å²) in [6.45, 7) is 2.34. The van der Waals surface area contributed by atoms with E-state index in [1.54, 1.807) is 6.92 Å². The normalized spacial score (nSPS) is 24.1. The average Bonchev–Trinajstić information content (AvgIpc) is 2.50. The van der Waals surface area contributed by atoms with Crippen LogP contribution in [0.4, 0.5) is 4.48 Å². The number of hydrogen-bond acceptors (Lipinski definition) is 4. The summed E-state index contributed by atoms with van der Waals surface area (Å²) in [5.41, 5.74) is 0. The van der Waals surface area contributed by atoms with Crippen LogP contribution in [-0.4, -0.2) is 44.8 Å². The maximum absolute atomic E-state index is 13.0. The second kappa shape index (κ2) is 7.00. The van der Waals surface area contributed by atoms with Gasteiger partial charge in [0.1, 0.15) is 0 Å². The number of carbonyl (C=O) groups excluding carboxylic acids is 1. The van der Waals surface area contributed by atoms with E-state index in [1.165, 1.54) is 6.08 Å². The monoisotopic (exact) mass is 292 g/mol. The quantitative estimate of drug-likeness (QED) is 0.786. The summed E-state index contributed by atoms with van der Waals surface area (Å²) in [6, 6.07) is -0.355. The molecule has 7 heteroatoms. The van der Waals surface area contributed by atoms with Gasteiger partial charge in [0.15, 0.2) is 9.84 Å². The summed E-state index contributed by atoms with van der Waals surface area (Å²) < 4.78 is 34.9. The van der Waals surface area contributed by atoms with Crippen molar-refractivity contribution in [2.24, 2.45) is 5.92 Å². The van der Waals surface area contributed by atoms with Crippen LogP contribution in [0.25, 0.3) is 0 Å². The lowest BCUT2D eigenvalue weighted by atomic mass is 9.99. The predicted molar refractivity (Wildman–Crippen MR) is 71.6 cm³/mol. The Morgan fingerprint density at radius 1 is 1.42 bits per heavy atom. The molecule has 1 N–H and O–H groups in total. The number of nitrogens with zero attached hydrogens (tertiary/aromatic N) is 1. The first kappa shape index (κ1) is 16.1. The zero-order chi connectivity index (χ0) is 14.5. The molecule has 0 spiro atoms. The molecule has 0 bridgehead atoms. The third-order valence-corrected chi connectivity index (χ3v) is 3.68. The van der Waals surface area contributed by atoms with E-state index >= 15 is 0 Å². The highest BCUT2D eigenvalue weighted by atomic mass is 32.2. The van der Waals surface area contributed by atoms with Crippen LogP contribution in [0.3, 0.4) is 0 Å². The van der Waals surface area contributed by atoms with E-state index in [1.807, 2.05) is 0 Å². The van der Waals surface area contributed by atoms with Crippen molar-refractivity contribution >= 4 is 15.7 Å². The van der Waals surface area contributed by atoms with Gasteiger partial charge in [0.25, 0.3) is 0 Å². The Bertz CT molecular complexity index is 436. The molecule has 0 aromatic heterocycles. The van der Waals surface area contributed by atoms with E-state index in [2.05, 4.69) is 5.32 Å². The van der Waals surface area contributed by atoms with Crippen molar-refractivity contribution in [3.63, 3.8) is 0 Å². The highest BCUT2D eigenvalue weighted by molar-refractivity contribution is 7.93. The Morgan fingerprint density at radius 3 is 2.74 bits per heavy atom. The fraction of sp³-hybridized carbons (Fsp3) is 0.750. The highest BCUT2D eigenvalue weighted by Crippen LogP contribution is 2.18. The number of carbonyl (C=O) groups is 1. The minimum atomic E-state index is -3.18. The molecule has 1 unspecified atom stereocenters. The fourth-order valence-corrected chi connectivity index (χ4v) is 2.50. The molecule has 1 aliphatic heterocycles. The lowest BCUT2D eigenvalue weighted by molar-refractivity contribution is -0.125. The van der Waals surface area contributed by atoms with Gasteiger partial charge in [0, 0.05) is 36.7 Å². The molecule has 2 atom stereocenters. The van der Waals surface area contributed by atoms with Gasteiger partial charge >= 0.3 is 0 Å². The van der Waals surface area contributed by atoms with Gasteiger partial charge in [-0.15, -0.1) is 9.60 Å². The Kier molecular flexibility index (Phi) is 5.93. The molecule has 1 saturated heterocycles. The third-order valence-electron chi connectivity index (χ3n) is 3.03. The van der Waals surface area contributed by atoms with Crippen LogP contribution in [-0.2, 0) is 14.6 Å². The molecule has 0 aromatic rings. The first-order valence-electron chi connectivity index (χ1n) is 6.37. The molecular weight excluding hydrogens is 271 g/mol. The molecule has 110 valence electrons. The lowest BCUT2D eigenvalue weighted by Crippen LogP contribution is -2.36. The first-order chi connectivity index (χ1) is 8.78. The summed E-state index contributed by atoms with van der Waals surface area (Å²) in [5.74, 6) is -0.337. The molecule has 1 rings (SSSR count). The van der Waals surface area contributed by atoms with Crippen LogP contribution >= 0.6 is 0 Å². The van der Waals surface area contributed by atoms with Gasteiger partial charge < -0.3 is 5.32 Å². The van der Waals surface area contributed by atoms with Crippen molar-refractivity contribution in [2.75, 3.05) is 19.3 Å². The van der Waals surface area contributed by atoms with Gasteiger partial charge in [-0.2, -0.15) is 0 Å².